The third kappa shape index (κ3) is 5.11. The Morgan fingerprint density at radius 1 is 1.03 bits per heavy atom. The number of unbranched alkanes of at least 4 members (excludes halogenated alkanes) is 2. The van der Waals surface area contributed by atoms with Gasteiger partial charge in [-0.1, -0.05) is 55.7 Å². The van der Waals surface area contributed by atoms with Crippen molar-refractivity contribution in [1.29, 1.82) is 0 Å². The van der Waals surface area contributed by atoms with E-state index >= 15 is 0 Å². The van der Waals surface area contributed by atoms with E-state index in [1.165, 1.54) is 4.68 Å². The molecule has 0 bridgehead atoms. The van der Waals surface area contributed by atoms with Crippen molar-refractivity contribution in [2.75, 3.05) is 11.9 Å². The monoisotopic (exact) mass is 407 g/mol. The molecular formula is C23H25N3O4. The summed E-state index contributed by atoms with van der Waals surface area (Å²) in [5.74, 6) is -1.19. The molecule has 30 heavy (non-hydrogen) atoms. The van der Waals surface area contributed by atoms with Gasteiger partial charge in [0.2, 0.25) is 0 Å². The van der Waals surface area contributed by atoms with E-state index in [9.17, 15) is 14.4 Å². The van der Waals surface area contributed by atoms with Gasteiger partial charge in [0, 0.05) is 17.6 Å². The summed E-state index contributed by atoms with van der Waals surface area (Å²) in [5, 5.41) is 7.74. The molecule has 1 heterocycles. The third-order valence-electron chi connectivity index (χ3n) is 4.70. The maximum atomic E-state index is 12.7. The van der Waals surface area contributed by atoms with Crippen molar-refractivity contribution in [3.63, 3.8) is 0 Å². The molecule has 0 saturated heterocycles. The fraction of sp³-hybridized carbons (Fsp3) is 0.304. The second-order valence-corrected chi connectivity index (χ2v) is 7.12. The van der Waals surface area contributed by atoms with Crippen LogP contribution in [0.1, 0.15) is 42.2 Å². The van der Waals surface area contributed by atoms with Crippen LogP contribution in [0, 0.1) is 6.92 Å². The molecule has 3 aromatic rings. The lowest BCUT2D eigenvalue weighted by atomic mass is 10.1. The predicted molar refractivity (Wildman–Crippen MR) is 116 cm³/mol. The molecule has 0 unspecified atom stereocenters. The number of nitrogens with one attached hydrogen (secondary N) is 1. The molecule has 0 aliphatic rings. The smallest absolute Gasteiger partial charge is 0.359 e. The molecule has 7 heteroatoms. The highest BCUT2D eigenvalue weighted by Crippen LogP contribution is 2.15. The van der Waals surface area contributed by atoms with Crippen LogP contribution in [0.15, 0.2) is 53.3 Å². The average Bonchev–Trinajstić information content (AvgIpc) is 2.75. The minimum atomic E-state index is -0.741. The number of esters is 1. The first-order valence-electron chi connectivity index (χ1n) is 10.0. The number of nitrogens with zero attached hydrogens (tertiary/aromatic N) is 2. The topological polar surface area (TPSA) is 90.3 Å². The Kier molecular flexibility index (Phi) is 6.95. The van der Waals surface area contributed by atoms with Gasteiger partial charge in [-0.15, -0.1) is 0 Å². The number of rotatable bonds is 8. The van der Waals surface area contributed by atoms with Gasteiger partial charge in [0.05, 0.1) is 5.39 Å². The largest absolute Gasteiger partial charge is 0.451 e. The second-order valence-electron chi connectivity index (χ2n) is 7.12. The summed E-state index contributed by atoms with van der Waals surface area (Å²) in [6, 6.07) is 14.1. The zero-order valence-corrected chi connectivity index (χ0v) is 17.2. The first kappa shape index (κ1) is 21.2. The van der Waals surface area contributed by atoms with Crippen molar-refractivity contribution < 1.29 is 14.3 Å². The molecule has 0 aliphatic carbocycles. The van der Waals surface area contributed by atoms with Crippen LogP contribution in [-0.4, -0.2) is 28.3 Å². The highest BCUT2D eigenvalue weighted by Gasteiger charge is 2.19. The molecular weight excluding hydrogens is 382 g/mol. The lowest BCUT2D eigenvalue weighted by molar-refractivity contribution is -0.119. The Morgan fingerprint density at radius 2 is 1.73 bits per heavy atom. The molecule has 0 radical (unpaired) electrons. The van der Waals surface area contributed by atoms with Crippen LogP contribution in [0.3, 0.4) is 0 Å². The van der Waals surface area contributed by atoms with Gasteiger partial charge in [0.1, 0.15) is 0 Å². The zero-order valence-electron chi connectivity index (χ0n) is 17.2. The number of ether oxygens (including phenoxy) is 1. The van der Waals surface area contributed by atoms with E-state index in [2.05, 4.69) is 17.3 Å². The third-order valence-corrected chi connectivity index (χ3v) is 4.70. The number of carbonyl (C=O) groups is 2. The van der Waals surface area contributed by atoms with E-state index in [0.29, 0.717) is 23.0 Å². The zero-order chi connectivity index (χ0) is 21.5. The van der Waals surface area contributed by atoms with E-state index in [0.717, 1.165) is 24.8 Å². The fourth-order valence-electron chi connectivity index (χ4n) is 3.08. The van der Waals surface area contributed by atoms with Crippen LogP contribution in [0.5, 0.6) is 0 Å². The van der Waals surface area contributed by atoms with Gasteiger partial charge in [0.15, 0.2) is 12.3 Å². The van der Waals surface area contributed by atoms with Crippen molar-refractivity contribution in [3.8, 4) is 0 Å². The van der Waals surface area contributed by atoms with Gasteiger partial charge in [-0.05, 0) is 31.5 Å². The number of fused-ring (bicyclic) bond motifs is 1. The minimum Gasteiger partial charge on any atom is -0.451 e. The van der Waals surface area contributed by atoms with Crippen molar-refractivity contribution in [3.05, 3.63) is 70.1 Å². The lowest BCUT2D eigenvalue weighted by Gasteiger charge is -2.11. The van der Waals surface area contributed by atoms with E-state index in [1.54, 1.807) is 36.4 Å². The highest BCUT2D eigenvalue weighted by atomic mass is 16.5. The summed E-state index contributed by atoms with van der Waals surface area (Å²) in [5.41, 5.74) is 1.49. The average molecular weight is 407 g/mol. The number of amides is 1. The number of aryl methyl sites for hydroxylation is 2. The van der Waals surface area contributed by atoms with Crippen LogP contribution in [-0.2, 0) is 16.1 Å². The molecule has 0 spiro atoms. The number of hydrogen-bond acceptors (Lipinski definition) is 5. The minimum absolute atomic E-state index is 0.0323. The van der Waals surface area contributed by atoms with E-state index in [-0.39, 0.29) is 11.3 Å². The van der Waals surface area contributed by atoms with Gasteiger partial charge in [-0.2, -0.15) is 5.10 Å². The Morgan fingerprint density at radius 3 is 2.43 bits per heavy atom. The molecule has 3 rings (SSSR count). The normalized spacial score (nSPS) is 10.7. The molecule has 0 aliphatic heterocycles. The second kappa shape index (κ2) is 9.82. The number of carbonyl (C=O) groups excluding carboxylic acids is 2. The van der Waals surface area contributed by atoms with Crippen LogP contribution < -0.4 is 10.9 Å². The van der Waals surface area contributed by atoms with Gasteiger partial charge >= 0.3 is 5.97 Å². The first-order valence-corrected chi connectivity index (χ1v) is 10.0. The summed E-state index contributed by atoms with van der Waals surface area (Å²) < 4.78 is 6.49. The molecule has 0 saturated carbocycles. The fourth-order valence-corrected chi connectivity index (χ4v) is 3.08. The molecule has 1 N–H and O–H groups in total. The van der Waals surface area contributed by atoms with Crippen LogP contribution >= 0.6 is 0 Å². The maximum Gasteiger partial charge on any atom is 0.359 e. The maximum absolute atomic E-state index is 12.7. The van der Waals surface area contributed by atoms with E-state index < -0.39 is 18.5 Å². The van der Waals surface area contributed by atoms with E-state index in [1.807, 2.05) is 19.1 Å². The van der Waals surface area contributed by atoms with Gasteiger partial charge in [0.25, 0.3) is 11.5 Å². The highest BCUT2D eigenvalue weighted by molar-refractivity contribution is 6.03. The molecule has 2 aromatic carbocycles. The van der Waals surface area contributed by atoms with E-state index in [4.69, 9.17) is 4.74 Å². The number of aromatic nitrogens is 2. The summed E-state index contributed by atoms with van der Waals surface area (Å²) in [4.78, 5) is 37.5. The molecule has 0 fully saturated rings. The van der Waals surface area contributed by atoms with Crippen LogP contribution in [0.25, 0.3) is 10.8 Å². The SMILES string of the molecule is CCCCCn1nc(C(=O)OCC(=O)Nc2ccc(C)cc2)c2ccccc2c1=O. The summed E-state index contributed by atoms with van der Waals surface area (Å²) in [6.07, 6.45) is 2.75. The number of anilines is 1. The number of hydrogen-bond donors (Lipinski definition) is 1. The summed E-state index contributed by atoms with van der Waals surface area (Å²) in [7, 11) is 0. The van der Waals surface area contributed by atoms with Crippen molar-refractivity contribution in [2.24, 2.45) is 0 Å². The molecule has 7 nitrogen and oxygen atoms in total. The Bertz CT molecular complexity index is 1100. The Hall–Kier alpha value is -3.48. The Labute approximate surface area is 174 Å². The van der Waals surface area contributed by atoms with Crippen molar-refractivity contribution >= 4 is 28.3 Å². The summed E-state index contributed by atoms with van der Waals surface area (Å²) in [6.45, 7) is 4.00. The lowest BCUT2D eigenvalue weighted by Crippen LogP contribution is -2.28. The predicted octanol–water partition coefficient (Wildman–Crippen LogP) is 3.69. The van der Waals surface area contributed by atoms with Crippen molar-refractivity contribution in [1.82, 2.24) is 9.78 Å². The van der Waals surface area contributed by atoms with Crippen LogP contribution in [0.4, 0.5) is 5.69 Å². The standard InChI is InChI=1S/C23H25N3O4/c1-3-4-7-14-26-22(28)19-9-6-5-8-18(19)21(25-26)23(29)30-15-20(27)24-17-12-10-16(2)11-13-17/h5-6,8-13H,3-4,7,14-15H2,1-2H3,(H,24,27). The quantitative estimate of drug-likeness (QED) is 0.454. The first-order chi connectivity index (χ1) is 14.5. The molecule has 1 amide bonds. The Balaban J connectivity index is 1.76. The van der Waals surface area contributed by atoms with Crippen LogP contribution in [0.2, 0.25) is 0 Å². The number of benzene rings is 2. The molecule has 0 atom stereocenters. The van der Waals surface area contributed by atoms with Gasteiger partial charge in [-0.3, -0.25) is 9.59 Å². The van der Waals surface area contributed by atoms with Crippen molar-refractivity contribution in [2.45, 2.75) is 39.7 Å². The molecule has 1 aromatic heterocycles. The summed E-state index contributed by atoms with van der Waals surface area (Å²) >= 11 is 0. The molecule has 156 valence electrons. The van der Waals surface area contributed by atoms with Gasteiger partial charge in [-0.25, -0.2) is 9.48 Å². The van der Waals surface area contributed by atoms with Gasteiger partial charge < -0.3 is 10.1 Å².